The largest absolute Gasteiger partial charge is 0.455 e. The number of ketones is 1. The molecule has 10 nitrogen and oxygen atoms in total. The van der Waals surface area contributed by atoms with Crippen molar-refractivity contribution in [3.63, 3.8) is 0 Å². The molecule has 2 saturated carbocycles. The molecule has 1 aromatic rings. The lowest BCUT2D eigenvalue weighted by Gasteiger charge is -2.61. The Balaban J connectivity index is 1.55. The Morgan fingerprint density at radius 3 is 2.51 bits per heavy atom. The summed E-state index contributed by atoms with van der Waals surface area (Å²) >= 11 is 0. The third kappa shape index (κ3) is 2.87. The number of fused-ring (bicyclic) bond motifs is 3. The van der Waals surface area contributed by atoms with Crippen LogP contribution in [0.1, 0.15) is 33.3 Å². The number of aliphatic hydroxyl groups excluding tert-OH is 2. The molecule has 7 rings (SSSR count). The molecule has 1 aromatic carbocycles. The lowest BCUT2D eigenvalue weighted by atomic mass is 9.53. The number of hydrogen-bond acceptors (Lipinski definition) is 10. The van der Waals surface area contributed by atoms with E-state index in [1.165, 1.54) is 6.08 Å². The summed E-state index contributed by atoms with van der Waals surface area (Å²) < 4.78 is 32.9. The molecule has 0 spiro atoms. The molecule has 3 N–H and O–H groups in total. The van der Waals surface area contributed by atoms with Crippen LogP contribution < -0.4 is 0 Å². The van der Waals surface area contributed by atoms with Crippen LogP contribution in [0, 0.1) is 17.8 Å². The van der Waals surface area contributed by atoms with E-state index in [-0.39, 0.29) is 5.57 Å². The molecule has 0 radical (unpaired) electrons. The summed E-state index contributed by atoms with van der Waals surface area (Å²) in [5.41, 5.74) is -5.77. The van der Waals surface area contributed by atoms with Crippen molar-refractivity contribution >= 4 is 11.8 Å². The van der Waals surface area contributed by atoms with Crippen molar-refractivity contribution in [1.29, 1.82) is 0 Å². The van der Waals surface area contributed by atoms with E-state index in [1.807, 2.05) is 13.0 Å². The molecule has 6 aliphatic rings. The average molecular weight is 567 g/mol. The molecule has 5 fully saturated rings. The van der Waals surface area contributed by atoms with Gasteiger partial charge < -0.3 is 39.0 Å². The summed E-state index contributed by atoms with van der Waals surface area (Å²) in [4.78, 5) is 26.7. The van der Waals surface area contributed by atoms with Gasteiger partial charge in [-0.1, -0.05) is 56.0 Å². The fourth-order valence-electron chi connectivity index (χ4n) is 8.61. The van der Waals surface area contributed by atoms with Crippen LogP contribution in [0.15, 0.2) is 66.3 Å². The van der Waals surface area contributed by atoms with Gasteiger partial charge >= 0.3 is 11.9 Å². The highest BCUT2D eigenvalue weighted by Crippen LogP contribution is 2.74. The molecule has 0 aromatic heterocycles. The minimum Gasteiger partial charge on any atom is -0.455 e. The molecule has 3 aliphatic heterocycles. The fraction of sp³-hybridized carbons (Fsp3) is 0.548. The normalized spacial score (nSPS) is 50.6. The van der Waals surface area contributed by atoms with E-state index in [2.05, 4.69) is 6.58 Å². The van der Waals surface area contributed by atoms with Crippen molar-refractivity contribution in [2.45, 2.75) is 80.5 Å². The maximum atomic E-state index is 13.7. The van der Waals surface area contributed by atoms with Crippen LogP contribution in [0.2, 0.25) is 0 Å². The molecule has 3 bridgehead atoms. The summed E-state index contributed by atoms with van der Waals surface area (Å²) in [6, 6.07) is 8.99. The van der Waals surface area contributed by atoms with Gasteiger partial charge in [-0.2, -0.15) is 0 Å². The first kappa shape index (κ1) is 27.2. The highest BCUT2D eigenvalue weighted by atomic mass is 16.9. The van der Waals surface area contributed by atoms with E-state index in [1.54, 1.807) is 57.2 Å². The molecule has 0 amide bonds. The SMILES string of the molecule is C=C(C)[C@@]12O[C@@]3(c4ccccc4)O[C@@H]1[C@@H]1[C@@H]4O[C@]4(CO)[C@@H](O)[C@]4(O)C(=O)C(C)=C[C@H]4[C@@]1(O3)[C@H](C)[C@H]2OC(=O)/C=C/C. The van der Waals surface area contributed by atoms with Crippen molar-refractivity contribution in [2.24, 2.45) is 17.8 Å². The predicted molar refractivity (Wildman–Crippen MR) is 141 cm³/mol. The van der Waals surface area contributed by atoms with Gasteiger partial charge in [0.15, 0.2) is 17.0 Å². The van der Waals surface area contributed by atoms with E-state index in [0.717, 1.165) is 0 Å². The van der Waals surface area contributed by atoms with Crippen molar-refractivity contribution < 1.29 is 48.6 Å². The first-order chi connectivity index (χ1) is 19.4. The highest BCUT2D eigenvalue weighted by molar-refractivity contribution is 6.05. The molecule has 41 heavy (non-hydrogen) atoms. The Kier molecular flexibility index (Phi) is 5.45. The zero-order valence-corrected chi connectivity index (χ0v) is 23.3. The van der Waals surface area contributed by atoms with Gasteiger partial charge in [0.05, 0.1) is 12.2 Å². The third-order valence-corrected chi connectivity index (χ3v) is 10.4. The summed E-state index contributed by atoms with van der Waals surface area (Å²) in [6.45, 7) is 10.4. The maximum Gasteiger partial charge on any atom is 0.330 e. The number of ether oxygens (including phenoxy) is 5. The molecule has 10 heteroatoms. The Labute approximate surface area is 237 Å². The molecule has 3 heterocycles. The fourth-order valence-corrected chi connectivity index (χ4v) is 8.61. The predicted octanol–water partition coefficient (Wildman–Crippen LogP) is 1.43. The molecular formula is C31H34O10. The van der Waals surface area contributed by atoms with Crippen LogP contribution in [0.3, 0.4) is 0 Å². The summed E-state index contributed by atoms with van der Waals surface area (Å²) in [5, 5.41) is 34.6. The van der Waals surface area contributed by atoms with Gasteiger partial charge in [0, 0.05) is 29.4 Å². The highest BCUT2D eigenvalue weighted by Gasteiger charge is 2.90. The topological polar surface area (TPSA) is 144 Å². The van der Waals surface area contributed by atoms with Gasteiger partial charge in [0.2, 0.25) is 0 Å². The van der Waals surface area contributed by atoms with Crippen molar-refractivity contribution in [1.82, 2.24) is 0 Å². The van der Waals surface area contributed by atoms with Crippen LogP contribution in [0.25, 0.3) is 0 Å². The van der Waals surface area contributed by atoms with E-state index >= 15 is 0 Å². The first-order valence-corrected chi connectivity index (χ1v) is 14.0. The second-order valence-corrected chi connectivity index (χ2v) is 12.3. The number of allylic oxidation sites excluding steroid dienone is 1. The number of Topliss-reactive ketones (excluding diaryl/α,β-unsaturated/α-hetero) is 1. The Morgan fingerprint density at radius 2 is 1.88 bits per heavy atom. The number of carbonyl (C=O) groups excluding carboxylic acids is 2. The number of hydrogen-bond donors (Lipinski definition) is 3. The summed E-state index contributed by atoms with van der Waals surface area (Å²) in [5.74, 6) is -5.79. The molecule has 3 saturated heterocycles. The second kappa shape index (κ2) is 8.23. The Bertz CT molecular complexity index is 1420. The van der Waals surface area contributed by atoms with Gasteiger partial charge in [0.1, 0.15) is 30.0 Å². The summed E-state index contributed by atoms with van der Waals surface area (Å²) in [7, 11) is 0. The zero-order valence-electron chi connectivity index (χ0n) is 23.3. The Hall–Kier alpha value is -2.70. The molecule has 12 atom stereocenters. The van der Waals surface area contributed by atoms with Crippen molar-refractivity contribution in [3.05, 3.63) is 71.8 Å². The number of rotatable bonds is 5. The van der Waals surface area contributed by atoms with Gasteiger partial charge in [-0.05, 0) is 31.9 Å². The van der Waals surface area contributed by atoms with Crippen molar-refractivity contribution in [2.75, 3.05) is 6.61 Å². The maximum absolute atomic E-state index is 13.7. The quantitative estimate of drug-likeness (QED) is 0.207. The lowest BCUT2D eigenvalue weighted by Crippen LogP contribution is -2.76. The van der Waals surface area contributed by atoms with Crippen LogP contribution in [0.4, 0.5) is 0 Å². The van der Waals surface area contributed by atoms with Gasteiger partial charge in [-0.3, -0.25) is 4.79 Å². The smallest absolute Gasteiger partial charge is 0.330 e. The molecule has 0 unspecified atom stereocenters. The first-order valence-electron chi connectivity index (χ1n) is 14.0. The van der Waals surface area contributed by atoms with Gasteiger partial charge in [-0.25, -0.2) is 4.79 Å². The molecule has 3 aliphatic carbocycles. The standard InChI is InChI=1S/C31H34O10/c1-6-10-20(33)37-23-17(5)30-19-13-16(4)22(34)28(19,36)26(35)27(14-32)24(38-27)21(30)25-29(23,15(2)3)40-31(39-25,41-30)18-11-8-7-9-12-18/h6-13,17,19,21,23-26,32,35-36H,2,14H2,1,3-5H3/b10-6+/t17-,19-,21+,23-,24+,25-,26-,27+,28-,29+,30+,31-/m1/s1. The second-order valence-electron chi connectivity index (χ2n) is 12.3. The minimum absolute atomic E-state index is 0.236. The Morgan fingerprint density at radius 1 is 1.17 bits per heavy atom. The third-order valence-electron chi connectivity index (χ3n) is 10.4. The monoisotopic (exact) mass is 566 g/mol. The van der Waals surface area contributed by atoms with Crippen LogP contribution in [-0.4, -0.2) is 80.5 Å². The van der Waals surface area contributed by atoms with E-state index in [9.17, 15) is 24.9 Å². The number of carbonyl (C=O) groups is 2. The van der Waals surface area contributed by atoms with Gasteiger partial charge in [-0.15, -0.1) is 0 Å². The number of esters is 1. The van der Waals surface area contributed by atoms with E-state index in [4.69, 9.17) is 23.7 Å². The average Bonchev–Trinajstić information content (AvgIpc) is 3.58. The van der Waals surface area contributed by atoms with Gasteiger partial charge in [0.25, 0.3) is 0 Å². The van der Waals surface area contributed by atoms with Crippen molar-refractivity contribution in [3.8, 4) is 0 Å². The number of benzene rings is 1. The van der Waals surface area contributed by atoms with Crippen LogP contribution in [-0.2, 0) is 39.2 Å². The molecule has 218 valence electrons. The minimum atomic E-state index is -2.40. The van der Waals surface area contributed by atoms with E-state index < -0.39 is 88.9 Å². The summed E-state index contributed by atoms with van der Waals surface area (Å²) in [6.07, 6.45) is -0.146. The number of aliphatic hydroxyl groups is 3. The van der Waals surface area contributed by atoms with Crippen LogP contribution >= 0.6 is 0 Å². The van der Waals surface area contributed by atoms with E-state index in [0.29, 0.717) is 11.1 Å². The zero-order chi connectivity index (χ0) is 29.3. The lowest BCUT2D eigenvalue weighted by molar-refractivity contribution is -0.440. The number of epoxide rings is 1. The van der Waals surface area contributed by atoms with Crippen LogP contribution in [0.5, 0.6) is 0 Å². The molecular weight excluding hydrogens is 532 g/mol.